The molecule has 0 aliphatic carbocycles. The molecule has 0 aliphatic heterocycles. The predicted molar refractivity (Wildman–Crippen MR) is 75.9 cm³/mol. The Morgan fingerprint density at radius 3 is 2.89 bits per heavy atom. The summed E-state index contributed by atoms with van der Waals surface area (Å²) in [6.07, 6.45) is 2.62. The summed E-state index contributed by atoms with van der Waals surface area (Å²) < 4.78 is 7.08. The van der Waals surface area contributed by atoms with E-state index >= 15 is 0 Å². The summed E-state index contributed by atoms with van der Waals surface area (Å²) in [4.78, 5) is 11.7. The number of nitrogens with one attached hydrogen (secondary N) is 1. The average Bonchev–Trinajstić information content (AvgIpc) is 2.40. The summed E-state index contributed by atoms with van der Waals surface area (Å²) in [6, 6.07) is 7.17. The van der Waals surface area contributed by atoms with Crippen molar-refractivity contribution < 1.29 is 9.53 Å². The van der Waals surface area contributed by atoms with Crippen LogP contribution in [-0.2, 0) is 0 Å². The van der Waals surface area contributed by atoms with Crippen molar-refractivity contribution in [1.82, 2.24) is 4.31 Å². The van der Waals surface area contributed by atoms with Gasteiger partial charge in [0.05, 0.1) is 12.3 Å². The third-order valence-electron chi connectivity index (χ3n) is 2.29. The number of nitrogens with zero attached hydrogens (tertiary/aromatic N) is 1. The van der Waals surface area contributed by atoms with E-state index in [0.717, 1.165) is 6.42 Å². The van der Waals surface area contributed by atoms with Crippen LogP contribution in [0.3, 0.4) is 0 Å². The van der Waals surface area contributed by atoms with Gasteiger partial charge in [-0.3, -0.25) is 4.31 Å². The first-order chi connectivity index (χ1) is 8.69. The number of ether oxygens (including phenoxy) is 1. The van der Waals surface area contributed by atoms with Gasteiger partial charge in [-0.25, -0.2) is 4.79 Å². The maximum absolute atomic E-state index is 11.7. The molecule has 0 unspecified atom stereocenters. The second-order valence-corrected chi connectivity index (χ2v) is 4.51. The van der Waals surface area contributed by atoms with Crippen molar-refractivity contribution in [3.63, 3.8) is 0 Å². The largest absolute Gasteiger partial charge is 0.491 e. The van der Waals surface area contributed by atoms with Gasteiger partial charge in [-0.2, -0.15) is 0 Å². The van der Waals surface area contributed by atoms with Gasteiger partial charge >= 0.3 is 6.03 Å². The molecular weight excluding hydrogens is 250 g/mol. The van der Waals surface area contributed by atoms with Gasteiger partial charge in [-0.05, 0) is 37.0 Å². The second-order valence-electron chi connectivity index (χ2n) is 3.60. The molecule has 0 aliphatic rings. The summed E-state index contributed by atoms with van der Waals surface area (Å²) in [5, 5.41) is 2.80. The molecule has 100 valence electrons. The Hall–Kier alpha value is -1.40. The van der Waals surface area contributed by atoms with Gasteiger partial charge < -0.3 is 15.8 Å². The van der Waals surface area contributed by atoms with E-state index in [9.17, 15) is 4.79 Å². The molecule has 6 heteroatoms. The van der Waals surface area contributed by atoms with Gasteiger partial charge in [0.2, 0.25) is 0 Å². The summed E-state index contributed by atoms with van der Waals surface area (Å²) in [7, 11) is 1.71. The van der Waals surface area contributed by atoms with Crippen LogP contribution in [0.15, 0.2) is 24.3 Å². The minimum absolute atomic E-state index is 0.183. The fourth-order valence-corrected chi connectivity index (χ4v) is 1.45. The first kappa shape index (κ1) is 14.7. The highest BCUT2D eigenvalue weighted by Crippen LogP contribution is 2.24. The third kappa shape index (κ3) is 4.46. The molecule has 0 atom stereocenters. The predicted octanol–water partition coefficient (Wildman–Crippen LogP) is 2.16. The van der Waals surface area contributed by atoms with Crippen LogP contribution in [-0.4, -0.2) is 36.8 Å². The zero-order chi connectivity index (χ0) is 13.4. The van der Waals surface area contributed by atoms with E-state index < -0.39 is 0 Å². The van der Waals surface area contributed by atoms with E-state index in [1.54, 1.807) is 7.05 Å². The van der Waals surface area contributed by atoms with Crippen molar-refractivity contribution in [3.05, 3.63) is 24.3 Å². The van der Waals surface area contributed by atoms with E-state index in [4.69, 9.17) is 10.5 Å². The van der Waals surface area contributed by atoms with Crippen LogP contribution in [0.2, 0.25) is 0 Å². The monoisotopic (exact) mass is 269 g/mol. The smallest absolute Gasteiger partial charge is 0.331 e. The molecule has 0 saturated heterocycles. The SMILES string of the molecule is CSN(C)C(=O)Nc1ccccc1OCCCN. The molecule has 0 fully saturated rings. The van der Waals surface area contributed by atoms with Crippen LogP contribution in [0.4, 0.5) is 10.5 Å². The van der Waals surface area contributed by atoms with Gasteiger partial charge in [0.1, 0.15) is 5.75 Å². The summed E-state index contributed by atoms with van der Waals surface area (Å²) in [5.74, 6) is 0.661. The lowest BCUT2D eigenvalue weighted by Crippen LogP contribution is -2.25. The lowest BCUT2D eigenvalue weighted by atomic mass is 10.3. The molecule has 3 N–H and O–H groups in total. The fourth-order valence-electron chi connectivity index (χ4n) is 1.24. The number of carbonyl (C=O) groups is 1. The van der Waals surface area contributed by atoms with E-state index in [2.05, 4.69) is 5.32 Å². The molecule has 5 nitrogen and oxygen atoms in total. The van der Waals surface area contributed by atoms with E-state index in [1.807, 2.05) is 30.5 Å². The van der Waals surface area contributed by atoms with Gasteiger partial charge in [-0.1, -0.05) is 12.1 Å². The molecular formula is C12H19N3O2S. The van der Waals surface area contributed by atoms with Gasteiger partial charge in [0.25, 0.3) is 0 Å². The lowest BCUT2D eigenvalue weighted by molar-refractivity contribution is 0.242. The van der Waals surface area contributed by atoms with E-state index in [-0.39, 0.29) is 6.03 Å². The Kier molecular flexibility index (Phi) is 6.38. The average molecular weight is 269 g/mol. The molecule has 0 bridgehead atoms. The normalized spacial score (nSPS) is 9.94. The number of nitrogens with two attached hydrogens (primary N) is 1. The van der Waals surface area contributed by atoms with Crippen molar-refractivity contribution in [1.29, 1.82) is 0 Å². The Balaban J connectivity index is 2.66. The minimum Gasteiger partial charge on any atom is -0.491 e. The van der Waals surface area contributed by atoms with Crippen LogP contribution in [0.5, 0.6) is 5.75 Å². The molecule has 0 heterocycles. The van der Waals surface area contributed by atoms with Crippen molar-refractivity contribution in [3.8, 4) is 5.75 Å². The van der Waals surface area contributed by atoms with Gasteiger partial charge in [0, 0.05) is 13.3 Å². The fraction of sp³-hybridized carbons (Fsp3) is 0.417. The lowest BCUT2D eigenvalue weighted by Gasteiger charge is -2.16. The number of para-hydroxylation sites is 2. The van der Waals surface area contributed by atoms with Crippen LogP contribution in [0, 0.1) is 0 Å². The molecule has 1 aromatic rings. The number of benzene rings is 1. The molecule has 0 radical (unpaired) electrons. The number of amides is 2. The van der Waals surface area contributed by atoms with E-state index in [1.165, 1.54) is 16.3 Å². The zero-order valence-electron chi connectivity index (χ0n) is 10.7. The summed E-state index contributed by atoms with van der Waals surface area (Å²) in [5.41, 5.74) is 6.08. The highest BCUT2D eigenvalue weighted by Gasteiger charge is 2.10. The number of hydrogen-bond donors (Lipinski definition) is 2. The van der Waals surface area contributed by atoms with Gasteiger partial charge in [-0.15, -0.1) is 0 Å². The van der Waals surface area contributed by atoms with Crippen LogP contribution in [0.25, 0.3) is 0 Å². The Bertz CT molecular complexity index is 387. The maximum atomic E-state index is 11.7. The van der Waals surface area contributed by atoms with Crippen molar-refractivity contribution >= 4 is 23.7 Å². The molecule has 0 aromatic heterocycles. The van der Waals surface area contributed by atoms with Crippen LogP contribution in [0.1, 0.15) is 6.42 Å². The molecule has 1 aromatic carbocycles. The summed E-state index contributed by atoms with van der Waals surface area (Å²) in [6.45, 7) is 1.13. The van der Waals surface area contributed by atoms with Crippen molar-refractivity contribution in [2.24, 2.45) is 5.73 Å². The second kappa shape index (κ2) is 7.84. The number of carbonyl (C=O) groups excluding carboxylic acids is 1. The standard InChI is InChI=1S/C12H19N3O2S/c1-15(18-2)12(16)14-10-6-3-4-7-11(10)17-9-5-8-13/h3-4,6-7H,5,8-9,13H2,1-2H3,(H,14,16). The maximum Gasteiger partial charge on any atom is 0.331 e. The zero-order valence-corrected chi connectivity index (χ0v) is 11.5. The molecule has 1 rings (SSSR count). The quantitative estimate of drug-likeness (QED) is 0.613. The minimum atomic E-state index is -0.183. The topological polar surface area (TPSA) is 67.6 Å². The Morgan fingerprint density at radius 1 is 1.50 bits per heavy atom. The van der Waals surface area contributed by atoms with Crippen LogP contribution < -0.4 is 15.8 Å². The van der Waals surface area contributed by atoms with Gasteiger partial charge in [0.15, 0.2) is 0 Å². The number of rotatable bonds is 6. The molecule has 0 spiro atoms. The third-order valence-corrected chi connectivity index (χ3v) is 3.01. The molecule has 18 heavy (non-hydrogen) atoms. The Morgan fingerprint density at radius 2 is 2.22 bits per heavy atom. The highest BCUT2D eigenvalue weighted by molar-refractivity contribution is 7.96. The summed E-state index contributed by atoms with van der Waals surface area (Å²) >= 11 is 1.34. The van der Waals surface area contributed by atoms with Crippen LogP contribution >= 0.6 is 11.9 Å². The number of anilines is 1. The van der Waals surface area contributed by atoms with Crippen molar-refractivity contribution in [2.45, 2.75) is 6.42 Å². The number of hydrogen-bond acceptors (Lipinski definition) is 4. The number of urea groups is 1. The van der Waals surface area contributed by atoms with E-state index in [0.29, 0.717) is 24.6 Å². The molecule has 0 saturated carbocycles. The highest BCUT2D eigenvalue weighted by atomic mass is 32.2. The Labute approximate surface area is 112 Å². The first-order valence-electron chi connectivity index (χ1n) is 5.69. The first-order valence-corrected chi connectivity index (χ1v) is 6.88. The molecule has 2 amide bonds. The van der Waals surface area contributed by atoms with Crippen molar-refractivity contribution in [2.75, 3.05) is 31.8 Å².